The van der Waals surface area contributed by atoms with Crippen LogP contribution in [0, 0.1) is 0 Å². The summed E-state index contributed by atoms with van der Waals surface area (Å²) < 4.78 is 0. The second-order valence-electron chi connectivity index (χ2n) is 5.09. The average molecular weight is 264 g/mol. The molecule has 1 aliphatic rings. The molecule has 1 fully saturated rings. The summed E-state index contributed by atoms with van der Waals surface area (Å²) in [6.07, 6.45) is 3.61. The summed E-state index contributed by atoms with van der Waals surface area (Å²) in [4.78, 5) is 11.3. The number of β-amino-alcohol motifs (C(OH)–C–C–N with tert-alkyl or cyclic N) is 1. The molecule has 106 valence electrons. The Kier molecular flexibility index (Phi) is 4.96. The molecule has 5 nitrogen and oxygen atoms in total. The van der Waals surface area contributed by atoms with Crippen molar-refractivity contribution >= 4 is 11.6 Å². The first-order chi connectivity index (χ1) is 9.22. The molecule has 1 aromatic rings. The van der Waals surface area contributed by atoms with Gasteiger partial charge in [-0.15, -0.1) is 0 Å². The number of hydrogen-bond acceptors (Lipinski definition) is 5. The van der Waals surface area contributed by atoms with Crippen LogP contribution in [-0.2, 0) is 6.42 Å². The standard InChI is InChI=1S/C14H24N4O/c1-3-5-12-16-13(15-7-4-2)9-14(17-12)18-8-6-11(19)10-18/h9,11,19H,3-8,10H2,1-2H3,(H,15,16,17). The van der Waals surface area contributed by atoms with Crippen molar-refractivity contribution in [3.05, 3.63) is 11.9 Å². The average Bonchev–Trinajstić information content (AvgIpc) is 2.83. The number of hydrogen-bond donors (Lipinski definition) is 2. The van der Waals surface area contributed by atoms with Gasteiger partial charge in [0.25, 0.3) is 0 Å². The van der Waals surface area contributed by atoms with Gasteiger partial charge in [-0.1, -0.05) is 13.8 Å². The van der Waals surface area contributed by atoms with Crippen molar-refractivity contribution in [2.45, 2.75) is 45.6 Å². The van der Waals surface area contributed by atoms with Gasteiger partial charge in [0.15, 0.2) is 0 Å². The van der Waals surface area contributed by atoms with E-state index in [0.717, 1.165) is 56.2 Å². The molecular formula is C14H24N4O. The highest BCUT2D eigenvalue weighted by Gasteiger charge is 2.22. The maximum Gasteiger partial charge on any atom is 0.134 e. The van der Waals surface area contributed by atoms with Crippen molar-refractivity contribution in [1.29, 1.82) is 0 Å². The van der Waals surface area contributed by atoms with Crippen molar-refractivity contribution in [1.82, 2.24) is 9.97 Å². The molecule has 0 bridgehead atoms. The highest BCUT2D eigenvalue weighted by molar-refractivity contribution is 5.50. The zero-order valence-electron chi connectivity index (χ0n) is 11.9. The molecule has 2 rings (SSSR count). The van der Waals surface area contributed by atoms with Gasteiger partial charge in [0.2, 0.25) is 0 Å². The van der Waals surface area contributed by atoms with Gasteiger partial charge < -0.3 is 15.3 Å². The molecule has 1 aliphatic heterocycles. The Hall–Kier alpha value is -1.36. The van der Waals surface area contributed by atoms with Crippen LogP contribution in [0.4, 0.5) is 11.6 Å². The van der Waals surface area contributed by atoms with Crippen LogP contribution >= 0.6 is 0 Å². The monoisotopic (exact) mass is 264 g/mol. The fraction of sp³-hybridized carbons (Fsp3) is 0.714. The first-order valence-corrected chi connectivity index (χ1v) is 7.27. The number of nitrogens with zero attached hydrogens (tertiary/aromatic N) is 3. The van der Waals surface area contributed by atoms with E-state index in [1.807, 2.05) is 6.07 Å². The Bertz CT molecular complexity index is 410. The van der Waals surface area contributed by atoms with Crippen LogP contribution in [0.15, 0.2) is 6.07 Å². The quantitative estimate of drug-likeness (QED) is 0.820. The van der Waals surface area contributed by atoms with Gasteiger partial charge in [0.05, 0.1) is 6.10 Å². The third kappa shape index (κ3) is 3.80. The lowest BCUT2D eigenvalue weighted by Crippen LogP contribution is -2.23. The molecule has 1 atom stereocenters. The molecule has 1 aromatic heterocycles. The molecular weight excluding hydrogens is 240 g/mol. The Labute approximate surface area is 115 Å². The number of aliphatic hydroxyl groups excluding tert-OH is 1. The van der Waals surface area contributed by atoms with E-state index in [1.165, 1.54) is 0 Å². The molecule has 0 amide bonds. The second kappa shape index (κ2) is 6.70. The lowest BCUT2D eigenvalue weighted by Gasteiger charge is -2.18. The summed E-state index contributed by atoms with van der Waals surface area (Å²) in [5.41, 5.74) is 0. The Balaban J connectivity index is 2.18. The molecule has 0 saturated carbocycles. The Morgan fingerprint density at radius 1 is 1.37 bits per heavy atom. The molecule has 5 heteroatoms. The summed E-state index contributed by atoms with van der Waals surface area (Å²) in [6, 6.07) is 1.99. The van der Waals surface area contributed by atoms with Crippen LogP contribution in [0.25, 0.3) is 0 Å². The minimum Gasteiger partial charge on any atom is -0.391 e. The maximum atomic E-state index is 9.64. The van der Waals surface area contributed by atoms with E-state index in [9.17, 15) is 5.11 Å². The molecule has 0 aromatic carbocycles. The molecule has 0 radical (unpaired) electrons. The van der Waals surface area contributed by atoms with Crippen LogP contribution < -0.4 is 10.2 Å². The highest BCUT2D eigenvalue weighted by Crippen LogP contribution is 2.21. The van der Waals surface area contributed by atoms with Crippen LogP contribution in [0.5, 0.6) is 0 Å². The third-order valence-electron chi connectivity index (χ3n) is 3.28. The topological polar surface area (TPSA) is 61.3 Å². The third-order valence-corrected chi connectivity index (χ3v) is 3.28. The van der Waals surface area contributed by atoms with Crippen molar-refractivity contribution in [3.63, 3.8) is 0 Å². The van der Waals surface area contributed by atoms with E-state index in [-0.39, 0.29) is 6.10 Å². The predicted molar refractivity (Wildman–Crippen MR) is 77.6 cm³/mol. The Morgan fingerprint density at radius 3 is 2.84 bits per heavy atom. The van der Waals surface area contributed by atoms with Gasteiger partial charge in [-0.2, -0.15) is 0 Å². The normalized spacial score (nSPS) is 18.9. The summed E-state index contributed by atoms with van der Waals surface area (Å²) >= 11 is 0. The van der Waals surface area contributed by atoms with E-state index in [1.54, 1.807) is 0 Å². The smallest absolute Gasteiger partial charge is 0.134 e. The van der Waals surface area contributed by atoms with Gasteiger partial charge in [-0.3, -0.25) is 0 Å². The van der Waals surface area contributed by atoms with E-state index in [2.05, 4.69) is 34.0 Å². The number of anilines is 2. The molecule has 0 spiro atoms. The van der Waals surface area contributed by atoms with Crippen molar-refractivity contribution in [2.75, 3.05) is 29.9 Å². The van der Waals surface area contributed by atoms with Gasteiger partial charge in [-0.25, -0.2) is 9.97 Å². The molecule has 1 saturated heterocycles. The van der Waals surface area contributed by atoms with E-state index >= 15 is 0 Å². The summed E-state index contributed by atoms with van der Waals surface area (Å²) in [5, 5.41) is 13.0. The fourth-order valence-corrected chi connectivity index (χ4v) is 2.27. The second-order valence-corrected chi connectivity index (χ2v) is 5.09. The zero-order valence-corrected chi connectivity index (χ0v) is 11.9. The molecule has 2 N–H and O–H groups in total. The van der Waals surface area contributed by atoms with Crippen LogP contribution in [0.3, 0.4) is 0 Å². The first kappa shape index (κ1) is 14.1. The van der Waals surface area contributed by atoms with Crippen LogP contribution in [0.2, 0.25) is 0 Å². The lowest BCUT2D eigenvalue weighted by molar-refractivity contribution is 0.198. The van der Waals surface area contributed by atoms with Crippen LogP contribution in [-0.4, -0.2) is 40.8 Å². The Morgan fingerprint density at radius 2 is 2.21 bits per heavy atom. The number of aliphatic hydroxyl groups is 1. The number of aromatic nitrogens is 2. The largest absolute Gasteiger partial charge is 0.391 e. The van der Waals surface area contributed by atoms with E-state index < -0.39 is 0 Å². The van der Waals surface area contributed by atoms with Crippen molar-refractivity contribution in [3.8, 4) is 0 Å². The zero-order chi connectivity index (χ0) is 13.7. The summed E-state index contributed by atoms with van der Waals surface area (Å²) in [6.45, 7) is 6.74. The fourth-order valence-electron chi connectivity index (χ4n) is 2.27. The minimum absolute atomic E-state index is 0.225. The van der Waals surface area contributed by atoms with E-state index in [4.69, 9.17) is 0 Å². The van der Waals surface area contributed by atoms with E-state index in [0.29, 0.717) is 6.54 Å². The first-order valence-electron chi connectivity index (χ1n) is 7.27. The molecule has 2 heterocycles. The number of rotatable bonds is 6. The minimum atomic E-state index is -0.225. The predicted octanol–water partition coefficient (Wildman–Crippen LogP) is 1.82. The SMILES string of the molecule is CCCNc1cc(N2CCC(O)C2)nc(CCC)n1. The summed E-state index contributed by atoms with van der Waals surface area (Å²) in [7, 11) is 0. The molecule has 1 unspecified atom stereocenters. The molecule has 0 aliphatic carbocycles. The highest BCUT2D eigenvalue weighted by atomic mass is 16.3. The lowest BCUT2D eigenvalue weighted by atomic mass is 10.3. The van der Waals surface area contributed by atoms with Crippen molar-refractivity contribution < 1.29 is 5.11 Å². The number of nitrogens with one attached hydrogen (secondary N) is 1. The van der Waals surface area contributed by atoms with Gasteiger partial charge >= 0.3 is 0 Å². The molecule has 19 heavy (non-hydrogen) atoms. The number of aryl methyl sites for hydroxylation is 1. The van der Waals surface area contributed by atoms with Gasteiger partial charge in [0.1, 0.15) is 17.5 Å². The van der Waals surface area contributed by atoms with Gasteiger partial charge in [-0.05, 0) is 19.3 Å². The van der Waals surface area contributed by atoms with Gasteiger partial charge in [0, 0.05) is 32.1 Å². The van der Waals surface area contributed by atoms with Crippen LogP contribution in [0.1, 0.15) is 38.9 Å². The van der Waals surface area contributed by atoms with Crippen molar-refractivity contribution in [2.24, 2.45) is 0 Å². The summed E-state index contributed by atoms with van der Waals surface area (Å²) in [5.74, 6) is 2.73. The maximum absolute atomic E-state index is 9.64.